The highest BCUT2D eigenvalue weighted by Gasteiger charge is 2.21. The number of nitrogens with one attached hydrogen (secondary N) is 1. The Morgan fingerprint density at radius 2 is 1.83 bits per heavy atom. The summed E-state index contributed by atoms with van der Waals surface area (Å²) in [6.45, 7) is 4.38. The number of hydrogen-bond donors (Lipinski definition) is 1. The number of benzene rings is 1. The van der Waals surface area contributed by atoms with Gasteiger partial charge in [-0.15, -0.1) is 0 Å². The molecule has 0 saturated carbocycles. The van der Waals surface area contributed by atoms with Gasteiger partial charge >= 0.3 is 0 Å². The SMILES string of the molecule is CN=C(NCCCc1ccc(OC)c(OC)c1)N1CCC(OCCCOC)CC1. The van der Waals surface area contributed by atoms with E-state index >= 15 is 0 Å². The van der Waals surface area contributed by atoms with E-state index in [-0.39, 0.29) is 0 Å². The first-order valence-electron chi connectivity index (χ1n) is 10.5. The Morgan fingerprint density at radius 3 is 2.48 bits per heavy atom. The Balaban J connectivity index is 1.68. The van der Waals surface area contributed by atoms with Gasteiger partial charge in [0.2, 0.25) is 0 Å². The molecule has 1 heterocycles. The average molecular weight is 408 g/mol. The molecule has 7 heteroatoms. The first-order valence-corrected chi connectivity index (χ1v) is 10.5. The maximum atomic E-state index is 5.94. The second-order valence-corrected chi connectivity index (χ2v) is 7.17. The normalized spacial score (nSPS) is 15.4. The maximum Gasteiger partial charge on any atom is 0.193 e. The van der Waals surface area contributed by atoms with Crippen molar-refractivity contribution in [2.45, 2.75) is 38.2 Å². The van der Waals surface area contributed by atoms with Crippen molar-refractivity contribution in [1.29, 1.82) is 0 Å². The zero-order valence-electron chi connectivity index (χ0n) is 18.4. The highest BCUT2D eigenvalue weighted by atomic mass is 16.5. The van der Waals surface area contributed by atoms with Crippen LogP contribution in [0.25, 0.3) is 0 Å². The predicted octanol–water partition coefficient (Wildman–Crippen LogP) is 2.73. The van der Waals surface area contributed by atoms with Crippen molar-refractivity contribution < 1.29 is 18.9 Å². The van der Waals surface area contributed by atoms with Crippen LogP contribution in [0.1, 0.15) is 31.2 Å². The molecule has 1 aromatic rings. The van der Waals surface area contributed by atoms with Crippen molar-refractivity contribution in [3.8, 4) is 11.5 Å². The van der Waals surface area contributed by atoms with Gasteiger partial charge < -0.3 is 29.2 Å². The van der Waals surface area contributed by atoms with E-state index in [0.29, 0.717) is 6.10 Å². The Labute approximate surface area is 175 Å². The molecule has 1 aromatic carbocycles. The molecule has 0 atom stereocenters. The Bertz CT molecular complexity index is 616. The van der Waals surface area contributed by atoms with Gasteiger partial charge in [-0.05, 0) is 49.8 Å². The van der Waals surface area contributed by atoms with E-state index in [4.69, 9.17) is 18.9 Å². The van der Waals surface area contributed by atoms with Crippen LogP contribution in [0.2, 0.25) is 0 Å². The molecule has 164 valence electrons. The van der Waals surface area contributed by atoms with Gasteiger partial charge in [0, 0.05) is 47.0 Å². The molecule has 7 nitrogen and oxygen atoms in total. The third kappa shape index (κ3) is 7.74. The highest BCUT2D eigenvalue weighted by Crippen LogP contribution is 2.27. The van der Waals surface area contributed by atoms with E-state index < -0.39 is 0 Å². The van der Waals surface area contributed by atoms with Crippen molar-refractivity contribution in [3.05, 3.63) is 23.8 Å². The van der Waals surface area contributed by atoms with Gasteiger partial charge in [-0.3, -0.25) is 4.99 Å². The smallest absolute Gasteiger partial charge is 0.193 e. The number of nitrogens with zero attached hydrogens (tertiary/aromatic N) is 2. The summed E-state index contributed by atoms with van der Waals surface area (Å²) in [6, 6.07) is 6.10. The minimum Gasteiger partial charge on any atom is -0.493 e. The number of ether oxygens (including phenoxy) is 4. The quantitative estimate of drug-likeness (QED) is 0.346. The fourth-order valence-corrected chi connectivity index (χ4v) is 3.55. The third-order valence-electron chi connectivity index (χ3n) is 5.17. The number of methoxy groups -OCH3 is 3. The molecule has 1 aliphatic heterocycles. The van der Waals surface area contributed by atoms with Gasteiger partial charge in [-0.25, -0.2) is 0 Å². The minimum atomic E-state index is 0.353. The fourth-order valence-electron chi connectivity index (χ4n) is 3.55. The summed E-state index contributed by atoms with van der Waals surface area (Å²) in [5.74, 6) is 2.53. The summed E-state index contributed by atoms with van der Waals surface area (Å²) in [6.07, 6.45) is 5.39. The van der Waals surface area contributed by atoms with Gasteiger partial charge in [0.25, 0.3) is 0 Å². The van der Waals surface area contributed by atoms with Crippen LogP contribution in [0.4, 0.5) is 0 Å². The van der Waals surface area contributed by atoms with Crippen LogP contribution in [0.3, 0.4) is 0 Å². The van der Waals surface area contributed by atoms with E-state index in [2.05, 4.69) is 21.3 Å². The number of guanidine groups is 1. The van der Waals surface area contributed by atoms with Crippen molar-refractivity contribution in [2.75, 3.05) is 61.2 Å². The summed E-state index contributed by atoms with van der Waals surface area (Å²) >= 11 is 0. The highest BCUT2D eigenvalue weighted by molar-refractivity contribution is 5.79. The van der Waals surface area contributed by atoms with E-state index in [9.17, 15) is 0 Å². The molecule has 0 aliphatic carbocycles. The summed E-state index contributed by atoms with van der Waals surface area (Å²) in [5, 5.41) is 3.50. The van der Waals surface area contributed by atoms with Crippen LogP contribution >= 0.6 is 0 Å². The van der Waals surface area contributed by atoms with Crippen molar-refractivity contribution in [1.82, 2.24) is 10.2 Å². The van der Waals surface area contributed by atoms with Gasteiger partial charge in [0.05, 0.1) is 20.3 Å². The molecule has 0 radical (unpaired) electrons. The Hall–Kier alpha value is -1.99. The minimum absolute atomic E-state index is 0.353. The first kappa shape index (κ1) is 23.3. The number of aliphatic imine (C=N–C) groups is 1. The van der Waals surface area contributed by atoms with Crippen LogP contribution < -0.4 is 14.8 Å². The largest absolute Gasteiger partial charge is 0.493 e. The topological polar surface area (TPSA) is 64.6 Å². The van der Waals surface area contributed by atoms with Crippen LogP contribution in [-0.4, -0.2) is 78.2 Å². The number of piperidine rings is 1. The predicted molar refractivity (Wildman–Crippen MR) is 116 cm³/mol. The van der Waals surface area contributed by atoms with E-state index in [1.165, 1.54) is 5.56 Å². The Morgan fingerprint density at radius 1 is 1.07 bits per heavy atom. The zero-order chi connectivity index (χ0) is 20.9. The molecule has 0 bridgehead atoms. The molecule has 29 heavy (non-hydrogen) atoms. The van der Waals surface area contributed by atoms with Gasteiger partial charge in [0.15, 0.2) is 17.5 Å². The molecule has 0 spiro atoms. The second-order valence-electron chi connectivity index (χ2n) is 7.17. The van der Waals surface area contributed by atoms with Crippen molar-refractivity contribution >= 4 is 5.96 Å². The van der Waals surface area contributed by atoms with Gasteiger partial charge in [-0.2, -0.15) is 0 Å². The molecule has 0 aromatic heterocycles. The lowest BCUT2D eigenvalue weighted by atomic mass is 10.1. The number of aryl methyl sites for hydroxylation is 1. The fraction of sp³-hybridized carbons (Fsp3) is 0.682. The summed E-state index contributed by atoms with van der Waals surface area (Å²) in [5.41, 5.74) is 1.24. The van der Waals surface area contributed by atoms with Gasteiger partial charge in [0.1, 0.15) is 0 Å². The Kier molecular flexibility index (Phi) is 10.7. The third-order valence-corrected chi connectivity index (χ3v) is 5.17. The molecule has 1 aliphatic rings. The van der Waals surface area contributed by atoms with Crippen molar-refractivity contribution in [3.63, 3.8) is 0 Å². The van der Waals surface area contributed by atoms with Gasteiger partial charge in [-0.1, -0.05) is 6.07 Å². The monoisotopic (exact) mass is 407 g/mol. The van der Waals surface area contributed by atoms with Crippen molar-refractivity contribution in [2.24, 2.45) is 4.99 Å². The maximum absolute atomic E-state index is 5.94. The number of hydrogen-bond acceptors (Lipinski definition) is 5. The van der Waals surface area contributed by atoms with E-state index in [1.54, 1.807) is 21.3 Å². The van der Waals surface area contributed by atoms with Crippen LogP contribution in [0.5, 0.6) is 11.5 Å². The molecule has 1 fully saturated rings. The number of likely N-dealkylation sites (tertiary alicyclic amines) is 1. The van der Waals surface area contributed by atoms with E-state index in [0.717, 1.165) is 82.4 Å². The summed E-state index contributed by atoms with van der Waals surface area (Å²) in [7, 11) is 6.90. The molecule has 0 amide bonds. The zero-order valence-corrected chi connectivity index (χ0v) is 18.4. The molecule has 2 rings (SSSR count). The van der Waals surface area contributed by atoms with Crippen LogP contribution in [-0.2, 0) is 15.9 Å². The standard InChI is InChI=1S/C22H37N3O4/c1-23-22(25-13-10-19(11-14-25)29-16-6-15-26-2)24-12-5-7-18-8-9-20(27-3)21(17-18)28-4/h8-9,17,19H,5-7,10-16H2,1-4H3,(H,23,24). The van der Waals surface area contributed by atoms with E-state index in [1.807, 2.05) is 19.2 Å². The first-order chi connectivity index (χ1) is 14.2. The lowest BCUT2D eigenvalue weighted by Gasteiger charge is -2.34. The average Bonchev–Trinajstić information content (AvgIpc) is 2.77. The van der Waals surface area contributed by atoms with Crippen LogP contribution in [0.15, 0.2) is 23.2 Å². The molecule has 1 saturated heterocycles. The number of rotatable bonds is 11. The molecular formula is C22H37N3O4. The summed E-state index contributed by atoms with van der Waals surface area (Å²) < 4.78 is 21.7. The molecular weight excluding hydrogens is 370 g/mol. The molecule has 1 N–H and O–H groups in total. The van der Waals surface area contributed by atoms with Crippen LogP contribution in [0, 0.1) is 0 Å². The lowest BCUT2D eigenvalue weighted by Crippen LogP contribution is -2.47. The lowest BCUT2D eigenvalue weighted by molar-refractivity contribution is 0.00991. The second kappa shape index (κ2) is 13.3. The summed E-state index contributed by atoms with van der Waals surface area (Å²) in [4.78, 5) is 6.78. The molecule has 0 unspecified atom stereocenters.